The normalized spacial score (nSPS) is 18.3. The van der Waals surface area contributed by atoms with Crippen molar-refractivity contribution < 1.29 is 0 Å². The summed E-state index contributed by atoms with van der Waals surface area (Å²) in [6.07, 6.45) is 11.9. The van der Waals surface area contributed by atoms with Gasteiger partial charge in [-0.15, -0.1) is 0 Å². The summed E-state index contributed by atoms with van der Waals surface area (Å²) in [4.78, 5) is 0. The summed E-state index contributed by atoms with van der Waals surface area (Å²) in [5.74, 6) is 0. The Kier molecular flexibility index (Phi) is 4.96. The average molecular weight is 535 g/mol. The van der Waals surface area contributed by atoms with E-state index in [1.165, 1.54) is 66.8 Å². The van der Waals surface area contributed by atoms with E-state index in [4.69, 9.17) is 0 Å². The highest BCUT2D eigenvalue weighted by molar-refractivity contribution is 6.05. The van der Waals surface area contributed by atoms with E-state index in [0.717, 1.165) is 12.8 Å². The van der Waals surface area contributed by atoms with Crippen molar-refractivity contribution in [1.29, 1.82) is 0 Å². The number of hydrogen-bond donors (Lipinski definition) is 0. The van der Waals surface area contributed by atoms with Gasteiger partial charge in [0.1, 0.15) is 0 Å². The summed E-state index contributed by atoms with van der Waals surface area (Å²) in [5.41, 5.74) is 16.3. The molecule has 5 aromatic carbocycles. The highest BCUT2D eigenvalue weighted by Gasteiger charge is 2.47. The Bertz CT molecular complexity index is 1760. The van der Waals surface area contributed by atoms with E-state index in [1.54, 1.807) is 0 Å². The fourth-order valence-electron chi connectivity index (χ4n) is 8.29. The SMILES string of the molecule is C1=C2C(=Cc3cc4c(cc32)C=C2C4=CCC2(c2ccccc2)c2ccccc2)C(c2ccccc2)(c2ccccc2)C1. The lowest BCUT2D eigenvalue weighted by atomic mass is 9.69. The molecule has 0 saturated heterocycles. The average Bonchev–Trinajstić information content (AvgIpc) is 3.81. The lowest BCUT2D eigenvalue weighted by Gasteiger charge is -2.33. The van der Waals surface area contributed by atoms with Crippen LogP contribution in [-0.4, -0.2) is 0 Å². The van der Waals surface area contributed by atoms with Crippen molar-refractivity contribution in [3.63, 3.8) is 0 Å². The molecular weight excluding hydrogens is 504 g/mol. The van der Waals surface area contributed by atoms with E-state index in [1.807, 2.05) is 0 Å². The fraction of sp³-hybridized carbons (Fsp3) is 0.0952. The maximum Gasteiger partial charge on any atom is 0.0492 e. The minimum absolute atomic E-state index is 0.162. The molecule has 0 N–H and O–H groups in total. The molecule has 0 fully saturated rings. The summed E-state index contributed by atoms with van der Waals surface area (Å²) in [6, 6.07) is 49.3. The van der Waals surface area contributed by atoms with Crippen molar-refractivity contribution in [2.75, 3.05) is 0 Å². The molecule has 0 amide bonds. The van der Waals surface area contributed by atoms with Gasteiger partial charge in [0.25, 0.3) is 0 Å². The van der Waals surface area contributed by atoms with E-state index >= 15 is 0 Å². The topological polar surface area (TPSA) is 0 Å². The van der Waals surface area contributed by atoms with Gasteiger partial charge in [0, 0.05) is 10.8 Å². The van der Waals surface area contributed by atoms with Gasteiger partial charge < -0.3 is 0 Å². The van der Waals surface area contributed by atoms with E-state index in [0.29, 0.717) is 0 Å². The Balaban J connectivity index is 1.18. The minimum atomic E-state index is -0.162. The molecule has 42 heavy (non-hydrogen) atoms. The number of fused-ring (bicyclic) bond motifs is 6. The van der Waals surface area contributed by atoms with E-state index in [2.05, 4.69) is 158 Å². The molecule has 4 aliphatic carbocycles. The van der Waals surface area contributed by atoms with Crippen molar-refractivity contribution in [2.45, 2.75) is 23.7 Å². The van der Waals surface area contributed by atoms with Crippen LogP contribution in [-0.2, 0) is 10.8 Å². The van der Waals surface area contributed by atoms with Crippen molar-refractivity contribution in [1.82, 2.24) is 0 Å². The molecule has 0 atom stereocenters. The van der Waals surface area contributed by atoms with Crippen LogP contribution in [0.5, 0.6) is 0 Å². The van der Waals surface area contributed by atoms with Crippen LogP contribution in [0.3, 0.4) is 0 Å². The van der Waals surface area contributed by atoms with Gasteiger partial charge in [-0.05, 0) is 104 Å². The largest absolute Gasteiger partial charge is 0.0748 e. The highest BCUT2D eigenvalue weighted by atomic mass is 14.5. The smallest absolute Gasteiger partial charge is 0.0492 e. The number of benzene rings is 5. The Morgan fingerprint density at radius 2 is 0.690 bits per heavy atom. The first kappa shape index (κ1) is 23.7. The molecular formula is C42H30. The third-order valence-electron chi connectivity index (χ3n) is 10.2. The Morgan fingerprint density at radius 1 is 0.381 bits per heavy atom. The van der Waals surface area contributed by atoms with Gasteiger partial charge in [-0.2, -0.15) is 0 Å². The molecule has 0 spiro atoms. The Labute approximate surface area is 247 Å². The van der Waals surface area contributed by atoms with Crippen molar-refractivity contribution in [3.05, 3.63) is 201 Å². The molecule has 198 valence electrons. The van der Waals surface area contributed by atoms with Gasteiger partial charge in [-0.25, -0.2) is 0 Å². The number of allylic oxidation sites excluding steroid dienone is 6. The van der Waals surface area contributed by atoms with Crippen LogP contribution < -0.4 is 0 Å². The molecule has 0 radical (unpaired) electrons. The second-order valence-electron chi connectivity index (χ2n) is 12.1. The first-order valence-electron chi connectivity index (χ1n) is 15.1. The van der Waals surface area contributed by atoms with Crippen LogP contribution in [0, 0.1) is 0 Å². The van der Waals surface area contributed by atoms with Gasteiger partial charge in [0.15, 0.2) is 0 Å². The Hall–Kier alpha value is -4.94. The molecule has 0 saturated carbocycles. The maximum absolute atomic E-state index is 2.49. The van der Waals surface area contributed by atoms with Crippen LogP contribution in [0.2, 0.25) is 0 Å². The molecule has 0 bridgehead atoms. The third-order valence-corrected chi connectivity index (χ3v) is 10.2. The molecule has 0 unspecified atom stereocenters. The van der Waals surface area contributed by atoms with Gasteiger partial charge in [-0.1, -0.05) is 133 Å². The molecule has 0 aliphatic heterocycles. The molecule has 0 heteroatoms. The summed E-state index contributed by atoms with van der Waals surface area (Å²) < 4.78 is 0. The zero-order valence-corrected chi connectivity index (χ0v) is 23.4. The first-order chi connectivity index (χ1) is 20.8. The van der Waals surface area contributed by atoms with Crippen molar-refractivity contribution in [2.24, 2.45) is 0 Å². The van der Waals surface area contributed by atoms with Crippen molar-refractivity contribution >= 4 is 23.3 Å². The first-order valence-corrected chi connectivity index (χ1v) is 15.1. The Morgan fingerprint density at radius 3 is 1.00 bits per heavy atom. The second-order valence-corrected chi connectivity index (χ2v) is 12.1. The molecule has 9 rings (SSSR count). The molecule has 0 heterocycles. The van der Waals surface area contributed by atoms with Gasteiger partial charge >= 0.3 is 0 Å². The van der Waals surface area contributed by atoms with E-state index < -0.39 is 0 Å². The van der Waals surface area contributed by atoms with Crippen LogP contribution in [0.15, 0.2) is 157 Å². The zero-order chi connectivity index (χ0) is 27.7. The maximum atomic E-state index is 2.49. The van der Waals surface area contributed by atoms with Crippen LogP contribution in [0.1, 0.15) is 57.3 Å². The summed E-state index contributed by atoms with van der Waals surface area (Å²) in [6.45, 7) is 0. The third kappa shape index (κ3) is 3.07. The van der Waals surface area contributed by atoms with Gasteiger partial charge in [0.2, 0.25) is 0 Å². The summed E-state index contributed by atoms with van der Waals surface area (Å²) >= 11 is 0. The van der Waals surface area contributed by atoms with Gasteiger partial charge in [-0.3, -0.25) is 0 Å². The lowest BCUT2D eigenvalue weighted by molar-refractivity contribution is 0.655. The van der Waals surface area contributed by atoms with Crippen LogP contribution >= 0.6 is 0 Å². The minimum Gasteiger partial charge on any atom is -0.0748 e. The predicted octanol–water partition coefficient (Wildman–Crippen LogP) is 10.0. The monoisotopic (exact) mass is 534 g/mol. The summed E-state index contributed by atoms with van der Waals surface area (Å²) in [5, 5.41) is 0. The number of hydrogen-bond acceptors (Lipinski definition) is 0. The van der Waals surface area contributed by atoms with Crippen molar-refractivity contribution in [3.8, 4) is 0 Å². The second kappa shape index (κ2) is 8.78. The fourth-order valence-corrected chi connectivity index (χ4v) is 8.29. The molecule has 4 aliphatic rings. The standard InChI is InChI=1S/C42H30/c1-5-13-31(14-6-1)41(32-15-7-2-8-16-32)23-21-35-37-26-30-28-40-36(38(30)25-29(37)27-39(35)41)22-24-42(40,33-17-9-3-10-18-33)34-19-11-4-12-20-34/h1-22,25-28H,23-24H2. The predicted molar refractivity (Wildman–Crippen MR) is 175 cm³/mol. The zero-order valence-electron chi connectivity index (χ0n) is 23.4. The van der Waals surface area contributed by atoms with E-state index in [-0.39, 0.29) is 10.8 Å². The van der Waals surface area contributed by atoms with E-state index in [9.17, 15) is 0 Å². The van der Waals surface area contributed by atoms with Crippen LogP contribution in [0.25, 0.3) is 23.3 Å². The van der Waals surface area contributed by atoms with Crippen LogP contribution in [0.4, 0.5) is 0 Å². The molecule has 0 aromatic heterocycles. The number of rotatable bonds is 4. The quantitative estimate of drug-likeness (QED) is 0.215. The summed E-state index contributed by atoms with van der Waals surface area (Å²) in [7, 11) is 0. The lowest BCUT2D eigenvalue weighted by Crippen LogP contribution is -2.26. The molecule has 0 nitrogen and oxygen atoms in total. The molecule has 5 aromatic rings. The van der Waals surface area contributed by atoms with Gasteiger partial charge in [0.05, 0.1) is 0 Å². The highest BCUT2D eigenvalue weighted by Crippen LogP contribution is 2.60.